The molecule has 3 aliphatic rings. The number of rotatable bonds is 16. The first kappa shape index (κ1) is 31.0. The van der Waals surface area contributed by atoms with Crippen LogP contribution in [0.2, 0.25) is 0 Å². The Labute approximate surface area is 243 Å². The van der Waals surface area contributed by atoms with Gasteiger partial charge in [0.2, 0.25) is 0 Å². The van der Waals surface area contributed by atoms with Crippen LogP contribution < -0.4 is 0 Å². The predicted molar refractivity (Wildman–Crippen MR) is 168 cm³/mol. The number of hydrogen-bond acceptors (Lipinski definition) is 2. The Kier molecular flexibility index (Phi) is 14.2. The van der Waals surface area contributed by atoms with Crippen molar-refractivity contribution in [3.05, 3.63) is 23.8 Å². The molecule has 3 fully saturated rings. The number of aryl methyl sites for hydroxylation is 1. The second-order valence-corrected chi connectivity index (χ2v) is 14.2. The highest BCUT2D eigenvalue weighted by Crippen LogP contribution is 2.47. The van der Waals surface area contributed by atoms with Gasteiger partial charge in [0.05, 0.1) is 0 Å². The van der Waals surface area contributed by atoms with Crippen molar-refractivity contribution in [2.24, 2.45) is 29.6 Å². The van der Waals surface area contributed by atoms with E-state index in [-0.39, 0.29) is 0 Å². The standard InChI is InChI=1S/C37H64N2/c1-3-5-7-8-9-10-11-13-15-31-28-38-37(39-29-31)36-26-24-35(25-27-36)34-22-20-33(21-23-34)32-18-16-30(17-19-32)14-12-6-4-2/h28-30,32-36H,3-27H2,1-2H3/t30-,32-,33-,34-,35-,36-. The summed E-state index contributed by atoms with van der Waals surface area (Å²) in [6.45, 7) is 4.63. The first-order chi connectivity index (χ1) is 19.3. The largest absolute Gasteiger partial charge is 0.241 e. The molecule has 1 aromatic rings. The monoisotopic (exact) mass is 537 g/mol. The van der Waals surface area contributed by atoms with E-state index < -0.39 is 0 Å². The molecule has 0 saturated heterocycles. The number of hydrogen-bond donors (Lipinski definition) is 0. The molecule has 39 heavy (non-hydrogen) atoms. The lowest BCUT2D eigenvalue weighted by Crippen LogP contribution is -2.29. The molecule has 0 unspecified atom stereocenters. The third-order valence-corrected chi connectivity index (χ3v) is 11.4. The summed E-state index contributed by atoms with van der Waals surface area (Å²) in [6.07, 6.45) is 40.2. The van der Waals surface area contributed by atoms with E-state index in [1.54, 1.807) is 38.5 Å². The van der Waals surface area contributed by atoms with Crippen LogP contribution in [0.3, 0.4) is 0 Å². The molecule has 3 saturated carbocycles. The summed E-state index contributed by atoms with van der Waals surface area (Å²) in [5.74, 6) is 6.95. The maximum Gasteiger partial charge on any atom is 0.131 e. The Hall–Kier alpha value is -0.920. The first-order valence-corrected chi connectivity index (χ1v) is 18.1. The minimum absolute atomic E-state index is 0.613. The van der Waals surface area contributed by atoms with Gasteiger partial charge in [-0.05, 0) is 112 Å². The summed E-state index contributed by atoms with van der Waals surface area (Å²) in [5, 5.41) is 0. The van der Waals surface area contributed by atoms with Crippen LogP contribution in [0.25, 0.3) is 0 Å². The summed E-state index contributed by atoms with van der Waals surface area (Å²) in [7, 11) is 0. The highest BCUT2D eigenvalue weighted by Gasteiger charge is 2.35. The summed E-state index contributed by atoms with van der Waals surface area (Å²) in [4.78, 5) is 9.73. The smallest absolute Gasteiger partial charge is 0.131 e. The van der Waals surface area contributed by atoms with Crippen molar-refractivity contribution in [3.8, 4) is 0 Å². The van der Waals surface area contributed by atoms with Crippen LogP contribution in [0.1, 0.15) is 185 Å². The van der Waals surface area contributed by atoms with E-state index in [0.717, 1.165) is 41.8 Å². The SMILES string of the molecule is CCCCCCCCCCc1cnc([C@H]2CC[C@H]([C@H]3CC[C@H]([C@H]4CC[C@H](CCCCC)CC4)CC3)CC2)nc1. The van der Waals surface area contributed by atoms with Crippen LogP contribution in [0.4, 0.5) is 0 Å². The van der Waals surface area contributed by atoms with Gasteiger partial charge in [0.1, 0.15) is 5.82 Å². The van der Waals surface area contributed by atoms with Crippen LogP contribution >= 0.6 is 0 Å². The summed E-state index contributed by atoms with van der Waals surface area (Å²) in [5.41, 5.74) is 1.35. The summed E-state index contributed by atoms with van der Waals surface area (Å²) < 4.78 is 0. The van der Waals surface area contributed by atoms with Gasteiger partial charge in [0.15, 0.2) is 0 Å². The van der Waals surface area contributed by atoms with Crippen molar-refractivity contribution < 1.29 is 0 Å². The van der Waals surface area contributed by atoms with Crippen molar-refractivity contribution in [1.29, 1.82) is 0 Å². The van der Waals surface area contributed by atoms with Gasteiger partial charge in [-0.25, -0.2) is 9.97 Å². The summed E-state index contributed by atoms with van der Waals surface area (Å²) >= 11 is 0. The Morgan fingerprint density at radius 2 is 0.949 bits per heavy atom. The van der Waals surface area contributed by atoms with Gasteiger partial charge >= 0.3 is 0 Å². The minimum Gasteiger partial charge on any atom is -0.241 e. The molecule has 0 amide bonds. The van der Waals surface area contributed by atoms with E-state index in [1.807, 2.05) is 0 Å². The molecular weight excluding hydrogens is 472 g/mol. The molecule has 4 rings (SSSR count). The average Bonchev–Trinajstić information content (AvgIpc) is 3.00. The van der Waals surface area contributed by atoms with Crippen molar-refractivity contribution in [3.63, 3.8) is 0 Å². The second-order valence-electron chi connectivity index (χ2n) is 14.2. The Morgan fingerprint density at radius 1 is 0.513 bits per heavy atom. The van der Waals surface area contributed by atoms with Crippen LogP contribution in [-0.2, 0) is 6.42 Å². The van der Waals surface area contributed by atoms with E-state index in [4.69, 9.17) is 9.97 Å². The Morgan fingerprint density at radius 3 is 1.49 bits per heavy atom. The lowest BCUT2D eigenvalue weighted by molar-refractivity contribution is 0.108. The van der Waals surface area contributed by atoms with Gasteiger partial charge in [0, 0.05) is 18.3 Å². The van der Waals surface area contributed by atoms with E-state index in [2.05, 4.69) is 26.2 Å². The lowest BCUT2D eigenvalue weighted by atomic mass is 9.65. The predicted octanol–water partition coefficient (Wildman–Crippen LogP) is 11.6. The highest BCUT2D eigenvalue weighted by atomic mass is 14.9. The molecule has 3 aliphatic carbocycles. The van der Waals surface area contributed by atoms with Crippen molar-refractivity contribution in [2.75, 3.05) is 0 Å². The van der Waals surface area contributed by atoms with Crippen molar-refractivity contribution in [1.82, 2.24) is 9.97 Å². The molecule has 0 spiro atoms. The van der Waals surface area contributed by atoms with Gasteiger partial charge in [-0.2, -0.15) is 0 Å². The fraction of sp³-hybridized carbons (Fsp3) is 0.892. The van der Waals surface area contributed by atoms with Crippen LogP contribution in [0, 0.1) is 29.6 Å². The fourth-order valence-corrected chi connectivity index (χ4v) is 8.74. The van der Waals surface area contributed by atoms with Crippen LogP contribution in [0.5, 0.6) is 0 Å². The third kappa shape index (κ3) is 10.5. The van der Waals surface area contributed by atoms with Gasteiger partial charge in [-0.15, -0.1) is 0 Å². The van der Waals surface area contributed by atoms with E-state index in [1.165, 1.54) is 121 Å². The van der Waals surface area contributed by atoms with Crippen LogP contribution in [-0.4, -0.2) is 9.97 Å². The average molecular weight is 537 g/mol. The van der Waals surface area contributed by atoms with E-state index in [0.29, 0.717) is 5.92 Å². The lowest BCUT2D eigenvalue weighted by Gasteiger charge is -2.41. The Bertz CT molecular complexity index is 733. The van der Waals surface area contributed by atoms with E-state index >= 15 is 0 Å². The zero-order valence-corrected chi connectivity index (χ0v) is 26.2. The topological polar surface area (TPSA) is 25.8 Å². The zero-order chi connectivity index (χ0) is 27.1. The second kappa shape index (κ2) is 17.8. The Balaban J connectivity index is 1.08. The molecule has 0 atom stereocenters. The van der Waals surface area contributed by atoms with Gasteiger partial charge in [0.25, 0.3) is 0 Å². The molecule has 2 heteroatoms. The minimum atomic E-state index is 0.613. The van der Waals surface area contributed by atoms with E-state index in [9.17, 15) is 0 Å². The highest BCUT2D eigenvalue weighted by molar-refractivity contribution is 5.08. The van der Waals surface area contributed by atoms with Crippen molar-refractivity contribution >= 4 is 0 Å². The molecule has 0 aliphatic heterocycles. The van der Waals surface area contributed by atoms with Crippen LogP contribution in [0.15, 0.2) is 12.4 Å². The van der Waals surface area contributed by atoms with Gasteiger partial charge in [-0.3, -0.25) is 0 Å². The molecule has 1 heterocycles. The van der Waals surface area contributed by atoms with Gasteiger partial charge in [-0.1, -0.05) is 97.3 Å². The molecule has 0 bridgehead atoms. The van der Waals surface area contributed by atoms with Gasteiger partial charge < -0.3 is 0 Å². The maximum atomic E-state index is 4.87. The zero-order valence-electron chi connectivity index (χ0n) is 26.2. The molecule has 1 aromatic heterocycles. The first-order valence-electron chi connectivity index (χ1n) is 18.1. The molecule has 222 valence electrons. The maximum absolute atomic E-state index is 4.87. The number of nitrogens with zero attached hydrogens (tertiary/aromatic N) is 2. The molecule has 0 aromatic carbocycles. The molecule has 0 N–H and O–H groups in total. The fourth-order valence-electron chi connectivity index (χ4n) is 8.74. The normalized spacial score (nSPS) is 29.9. The summed E-state index contributed by atoms with van der Waals surface area (Å²) in [6, 6.07) is 0. The number of aromatic nitrogens is 2. The molecule has 2 nitrogen and oxygen atoms in total. The number of unbranched alkanes of at least 4 members (excludes halogenated alkanes) is 9. The third-order valence-electron chi connectivity index (χ3n) is 11.4. The quantitative estimate of drug-likeness (QED) is 0.196. The molecular formula is C37H64N2. The molecule has 0 radical (unpaired) electrons. The van der Waals surface area contributed by atoms with Crippen molar-refractivity contribution in [2.45, 2.75) is 180 Å².